The maximum Gasteiger partial charge on any atom is 0.260 e. The number of nitrogens with one attached hydrogen (secondary N) is 2. The normalized spacial score (nSPS) is 10.1. The third-order valence-electron chi connectivity index (χ3n) is 2.58. The zero-order chi connectivity index (χ0) is 13.1. The molecule has 0 aliphatic rings. The second-order valence-corrected chi connectivity index (χ2v) is 3.79. The van der Waals surface area contributed by atoms with Gasteiger partial charge < -0.3 is 15.1 Å². The van der Waals surface area contributed by atoms with Crippen LogP contribution in [0, 0.1) is 12.3 Å². The zero-order valence-corrected chi connectivity index (χ0v) is 10.2. The van der Waals surface area contributed by atoms with Gasteiger partial charge in [0, 0.05) is 11.8 Å². The molecule has 0 amide bonds. The molecule has 0 saturated heterocycles. The first-order valence-electron chi connectivity index (χ1n) is 5.41. The number of H-pyrrole nitrogens is 1. The average Bonchev–Trinajstić information content (AvgIpc) is 2.38. The maximum absolute atomic E-state index is 11.7. The van der Waals surface area contributed by atoms with Crippen molar-refractivity contribution in [3.05, 3.63) is 46.0 Å². The van der Waals surface area contributed by atoms with E-state index in [1.807, 2.05) is 12.1 Å². The Bertz CT molecular complexity index is 630. The molecule has 5 nitrogen and oxygen atoms in total. The van der Waals surface area contributed by atoms with Crippen molar-refractivity contribution in [1.29, 1.82) is 5.41 Å². The maximum atomic E-state index is 11.7. The summed E-state index contributed by atoms with van der Waals surface area (Å²) in [5, 5.41) is 7.31. The lowest BCUT2D eigenvalue weighted by Crippen LogP contribution is -2.16. The van der Waals surface area contributed by atoms with E-state index in [1.54, 1.807) is 26.2 Å². The summed E-state index contributed by atoms with van der Waals surface area (Å²) in [6, 6.07) is 7.21. The number of aromatic nitrogens is 2. The first kappa shape index (κ1) is 12.0. The molecule has 0 radical (unpaired) electrons. The van der Waals surface area contributed by atoms with Gasteiger partial charge in [-0.2, -0.15) is 0 Å². The van der Waals surface area contributed by atoms with Crippen molar-refractivity contribution < 1.29 is 4.74 Å². The Kier molecular flexibility index (Phi) is 3.23. The number of aromatic amines is 1. The van der Waals surface area contributed by atoms with Gasteiger partial charge in [0.05, 0.1) is 18.4 Å². The minimum Gasteiger partial charge on any atom is -0.497 e. The topological polar surface area (TPSA) is 78.8 Å². The van der Waals surface area contributed by atoms with Crippen molar-refractivity contribution in [2.24, 2.45) is 0 Å². The molecular formula is C13H13N3O2. The van der Waals surface area contributed by atoms with E-state index in [4.69, 9.17) is 10.1 Å². The van der Waals surface area contributed by atoms with Gasteiger partial charge in [-0.1, -0.05) is 0 Å². The summed E-state index contributed by atoms with van der Waals surface area (Å²) in [6.07, 6.45) is 1.02. The smallest absolute Gasteiger partial charge is 0.260 e. The molecule has 2 aromatic rings. The number of ether oxygens (including phenoxy) is 1. The van der Waals surface area contributed by atoms with Crippen molar-refractivity contribution in [3.63, 3.8) is 0 Å². The zero-order valence-electron chi connectivity index (χ0n) is 10.2. The van der Waals surface area contributed by atoms with Gasteiger partial charge in [-0.3, -0.25) is 4.79 Å². The quantitative estimate of drug-likeness (QED) is 0.806. The minimum absolute atomic E-state index is 0.255. The minimum atomic E-state index is -0.302. The highest BCUT2D eigenvalue weighted by Gasteiger charge is 2.10. The van der Waals surface area contributed by atoms with Gasteiger partial charge in [0.1, 0.15) is 11.6 Å². The monoisotopic (exact) mass is 243 g/mol. The second kappa shape index (κ2) is 4.83. The molecule has 92 valence electrons. The molecule has 0 aliphatic carbocycles. The Balaban J connectivity index is 2.62. The number of methoxy groups -OCH3 is 1. The first-order chi connectivity index (χ1) is 8.65. The molecule has 0 aliphatic heterocycles. The van der Waals surface area contributed by atoms with Crippen LogP contribution in [0.3, 0.4) is 0 Å². The van der Waals surface area contributed by atoms with E-state index in [2.05, 4.69) is 9.97 Å². The van der Waals surface area contributed by atoms with Gasteiger partial charge in [-0.25, -0.2) is 4.98 Å². The summed E-state index contributed by atoms with van der Waals surface area (Å²) >= 11 is 0. The fraction of sp³-hybridized carbons (Fsp3) is 0.154. The molecule has 2 N–H and O–H groups in total. The van der Waals surface area contributed by atoms with Gasteiger partial charge >= 0.3 is 0 Å². The van der Waals surface area contributed by atoms with Gasteiger partial charge in [0.25, 0.3) is 5.56 Å². The lowest BCUT2D eigenvalue weighted by atomic mass is 10.1. The predicted molar refractivity (Wildman–Crippen MR) is 69.5 cm³/mol. The summed E-state index contributed by atoms with van der Waals surface area (Å²) < 4.78 is 5.08. The SMILES string of the molecule is COc1ccc(-c2nc(C)[nH]c(=O)c2C=N)cc1. The van der Waals surface area contributed by atoms with Gasteiger partial charge in [0.15, 0.2) is 0 Å². The highest BCUT2D eigenvalue weighted by molar-refractivity contribution is 5.86. The van der Waals surface area contributed by atoms with Crippen molar-refractivity contribution in [2.45, 2.75) is 6.92 Å². The number of benzene rings is 1. The standard InChI is InChI=1S/C13H13N3O2/c1-8-15-12(11(7-14)13(17)16-8)9-3-5-10(18-2)6-4-9/h3-7,14H,1-2H3,(H,15,16,17). The molecule has 18 heavy (non-hydrogen) atoms. The Labute approximate surface area is 104 Å². The Hall–Kier alpha value is -2.43. The molecule has 2 rings (SSSR count). The lowest BCUT2D eigenvalue weighted by molar-refractivity contribution is 0.415. The highest BCUT2D eigenvalue weighted by Crippen LogP contribution is 2.21. The summed E-state index contributed by atoms with van der Waals surface area (Å²) in [6.45, 7) is 1.71. The second-order valence-electron chi connectivity index (χ2n) is 3.79. The van der Waals surface area contributed by atoms with Crippen molar-refractivity contribution in [3.8, 4) is 17.0 Å². The Morgan fingerprint density at radius 2 is 2.00 bits per heavy atom. The third-order valence-corrected chi connectivity index (χ3v) is 2.58. The van der Waals surface area contributed by atoms with Crippen LogP contribution >= 0.6 is 0 Å². The summed E-state index contributed by atoms with van der Waals surface area (Å²) in [5.41, 5.74) is 1.24. The molecule has 0 spiro atoms. The van der Waals surface area contributed by atoms with E-state index in [0.717, 1.165) is 17.5 Å². The van der Waals surface area contributed by atoms with Crippen LogP contribution in [0.25, 0.3) is 11.3 Å². The van der Waals surface area contributed by atoms with Gasteiger partial charge in [-0.15, -0.1) is 0 Å². The molecule has 0 fully saturated rings. The van der Waals surface area contributed by atoms with E-state index in [9.17, 15) is 4.79 Å². The molecule has 5 heteroatoms. The van der Waals surface area contributed by atoms with Gasteiger partial charge in [0.2, 0.25) is 0 Å². The fourth-order valence-electron chi connectivity index (χ4n) is 1.70. The molecule has 1 aromatic heterocycles. The molecule has 0 atom stereocenters. The van der Waals surface area contributed by atoms with Crippen molar-refractivity contribution >= 4 is 6.21 Å². The molecule has 1 heterocycles. The van der Waals surface area contributed by atoms with Crippen LogP contribution in [0.15, 0.2) is 29.1 Å². The van der Waals surface area contributed by atoms with Crippen LogP contribution < -0.4 is 10.3 Å². The van der Waals surface area contributed by atoms with Crippen LogP contribution in [0.4, 0.5) is 0 Å². The number of rotatable bonds is 3. The van der Waals surface area contributed by atoms with Crippen LogP contribution in [0.1, 0.15) is 11.4 Å². The summed E-state index contributed by atoms with van der Waals surface area (Å²) in [7, 11) is 1.59. The van der Waals surface area contributed by atoms with Crippen LogP contribution in [0.5, 0.6) is 5.75 Å². The number of nitrogens with zero attached hydrogens (tertiary/aromatic N) is 1. The lowest BCUT2D eigenvalue weighted by Gasteiger charge is -2.06. The molecule has 0 saturated carbocycles. The van der Waals surface area contributed by atoms with E-state index < -0.39 is 0 Å². The average molecular weight is 243 g/mol. The first-order valence-corrected chi connectivity index (χ1v) is 5.41. The summed E-state index contributed by atoms with van der Waals surface area (Å²) in [4.78, 5) is 18.6. The van der Waals surface area contributed by atoms with E-state index in [1.165, 1.54) is 0 Å². The fourth-order valence-corrected chi connectivity index (χ4v) is 1.70. The van der Waals surface area contributed by atoms with Crippen LogP contribution in [0.2, 0.25) is 0 Å². The number of aryl methyl sites for hydroxylation is 1. The molecule has 0 bridgehead atoms. The van der Waals surface area contributed by atoms with Crippen molar-refractivity contribution in [2.75, 3.05) is 7.11 Å². The van der Waals surface area contributed by atoms with E-state index in [-0.39, 0.29) is 11.1 Å². The van der Waals surface area contributed by atoms with E-state index in [0.29, 0.717) is 11.5 Å². The highest BCUT2D eigenvalue weighted by atomic mass is 16.5. The Morgan fingerprint density at radius 3 is 2.56 bits per heavy atom. The largest absolute Gasteiger partial charge is 0.497 e. The van der Waals surface area contributed by atoms with Crippen LogP contribution in [-0.4, -0.2) is 23.3 Å². The molecule has 1 aromatic carbocycles. The van der Waals surface area contributed by atoms with Crippen LogP contribution in [-0.2, 0) is 0 Å². The van der Waals surface area contributed by atoms with Gasteiger partial charge in [-0.05, 0) is 31.2 Å². The Morgan fingerprint density at radius 1 is 1.33 bits per heavy atom. The van der Waals surface area contributed by atoms with E-state index >= 15 is 0 Å². The molecule has 0 unspecified atom stereocenters. The summed E-state index contributed by atoms with van der Waals surface area (Å²) in [5.74, 6) is 1.26. The van der Waals surface area contributed by atoms with Crippen molar-refractivity contribution in [1.82, 2.24) is 9.97 Å². The number of hydrogen-bond donors (Lipinski definition) is 2. The predicted octanol–water partition coefficient (Wildman–Crippen LogP) is 1.75. The third kappa shape index (κ3) is 2.15. The number of hydrogen-bond acceptors (Lipinski definition) is 4. The molecular weight excluding hydrogens is 230 g/mol.